The summed E-state index contributed by atoms with van der Waals surface area (Å²) in [5.74, 6) is 1.93. The summed E-state index contributed by atoms with van der Waals surface area (Å²) in [6.45, 7) is 4.74. The van der Waals surface area contributed by atoms with Gasteiger partial charge in [-0.2, -0.15) is 0 Å². The first-order valence-electron chi connectivity index (χ1n) is 6.02. The largest absolute Gasteiger partial charge is 0.494 e. The van der Waals surface area contributed by atoms with Gasteiger partial charge < -0.3 is 4.74 Å². The van der Waals surface area contributed by atoms with E-state index in [4.69, 9.17) is 4.74 Å². The van der Waals surface area contributed by atoms with Crippen molar-refractivity contribution in [3.63, 3.8) is 0 Å². The predicted octanol–water partition coefficient (Wildman–Crippen LogP) is 3.17. The van der Waals surface area contributed by atoms with E-state index < -0.39 is 0 Å². The lowest BCUT2D eigenvalue weighted by molar-refractivity contribution is -0.131. The molecule has 2 atom stereocenters. The van der Waals surface area contributed by atoms with Crippen LogP contribution >= 0.6 is 0 Å². The molecule has 2 heteroatoms. The van der Waals surface area contributed by atoms with Gasteiger partial charge in [0.2, 0.25) is 0 Å². The molecule has 0 heterocycles. The van der Waals surface area contributed by atoms with Crippen LogP contribution in [0.4, 0.5) is 0 Å². The van der Waals surface area contributed by atoms with Gasteiger partial charge in [-0.25, -0.2) is 0 Å². The van der Waals surface area contributed by atoms with Crippen LogP contribution in [-0.4, -0.2) is 12.4 Å². The van der Waals surface area contributed by atoms with Gasteiger partial charge in [0.25, 0.3) is 0 Å². The van der Waals surface area contributed by atoms with Gasteiger partial charge in [-0.1, -0.05) is 25.1 Å². The lowest BCUT2D eigenvalue weighted by Crippen LogP contribution is -2.34. The van der Waals surface area contributed by atoms with Crippen molar-refractivity contribution < 1.29 is 9.53 Å². The zero-order chi connectivity index (χ0) is 11.5. The summed E-state index contributed by atoms with van der Waals surface area (Å²) in [5.41, 5.74) is 1.20. The summed E-state index contributed by atoms with van der Waals surface area (Å²) in [7, 11) is 0. The number of ether oxygens (including phenoxy) is 1. The van der Waals surface area contributed by atoms with E-state index in [0.717, 1.165) is 12.2 Å². The van der Waals surface area contributed by atoms with Gasteiger partial charge in [0, 0.05) is 18.3 Å². The maximum Gasteiger partial charge on any atom is 0.137 e. The van der Waals surface area contributed by atoms with Crippen molar-refractivity contribution in [3.8, 4) is 5.75 Å². The molecular weight excluding hydrogens is 200 g/mol. The first kappa shape index (κ1) is 11.2. The second-order valence-corrected chi connectivity index (χ2v) is 4.26. The Balaban J connectivity index is 2.23. The van der Waals surface area contributed by atoms with E-state index in [1.165, 1.54) is 5.56 Å². The van der Waals surface area contributed by atoms with Gasteiger partial charge >= 0.3 is 0 Å². The Hall–Kier alpha value is -1.31. The summed E-state index contributed by atoms with van der Waals surface area (Å²) in [6, 6.07) is 8.09. The first-order valence-corrected chi connectivity index (χ1v) is 6.02. The molecule has 16 heavy (non-hydrogen) atoms. The predicted molar refractivity (Wildman–Crippen MR) is 63.8 cm³/mol. The third-order valence-electron chi connectivity index (χ3n) is 3.38. The van der Waals surface area contributed by atoms with Crippen LogP contribution in [-0.2, 0) is 4.79 Å². The maximum absolute atomic E-state index is 11.5. The molecule has 0 aromatic heterocycles. The molecule has 1 aliphatic carbocycles. The SMILES string of the molecule is CCOc1ccccc1C1CC(=O)C1CC. The Labute approximate surface area is 96.6 Å². The van der Waals surface area contributed by atoms with Crippen LogP contribution in [0.3, 0.4) is 0 Å². The fraction of sp³-hybridized carbons (Fsp3) is 0.500. The van der Waals surface area contributed by atoms with Gasteiger partial charge in [-0.3, -0.25) is 4.79 Å². The highest BCUT2D eigenvalue weighted by Crippen LogP contribution is 2.44. The van der Waals surface area contributed by atoms with E-state index in [0.29, 0.717) is 24.7 Å². The Bertz CT molecular complexity index is 384. The number of rotatable bonds is 4. The van der Waals surface area contributed by atoms with Crippen LogP contribution < -0.4 is 4.74 Å². The van der Waals surface area contributed by atoms with Crippen molar-refractivity contribution in [3.05, 3.63) is 29.8 Å². The minimum absolute atomic E-state index is 0.210. The van der Waals surface area contributed by atoms with Crippen molar-refractivity contribution in [1.29, 1.82) is 0 Å². The standard InChI is InChI=1S/C14H18O2/c1-3-10-12(9-13(10)15)11-7-5-6-8-14(11)16-4-2/h5-8,10,12H,3-4,9H2,1-2H3. The molecule has 1 aromatic carbocycles. The fourth-order valence-electron chi connectivity index (χ4n) is 2.49. The number of ketones is 1. The van der Waals surface area contributed by atoms with Gasteiger partial charge in [0.05, 0.1) is 6.61 Å². The molecule has 0 radical (unpaired) electrons. The molecule has 1 saturated carbocycles. The third kappa shape index (κ3) is 1.84. The normalized spacial score (nSPS) is 24.0. The number of hydrogen-bond donors (Lipinski definition) is 0. The third-order valence-corrected chi connectivity index (χ3v) is 3.38. The van der Waals surface area contributed by atoms with Crippen molar-refractivity contribution in [1.82, 2.24) is 0 Å². The van der Waals surface area contributed by atoms with Crippen LogP contribution in [0.1, 0.15) is 38.2 Å². The van der Waals surface area contributed by atoms with E-state index >= 15 is 0 Å². The topological polar surface area (TPSA) is 26.3 Å². The zero-order valence-electron chi connectivity index (χ0n) is 9.90. The summed E-state index contributed by atoms with van der Waals surface area (Å²) in [4.78, 5) is 11.5. The molecule has 0 saturated heterocycles. The number of benzene rings is 1. The maximum atomic E-state index is 11.5. The molecule has 1 aliphatic rings. The van der Waals surface area contributed by atoms with E-state index in [1.807, 2.05) is 25.1 Å². The highest BCUT2D eigenvalue weighted by molar-refractivity contribution is 5.89. The molecule has 0 spiro atoms. The Morgan fingerprint density at radius 2 is 2.06 bits per heavy atom. The average molecular weight is 218 g/mol. The van der Waals surface area contributed by atoms with E-state index in [9.17, 15) is 4.79 Å². The quantitative estimate of drug-likeness (QED) is 0.776. The number of para-hydroxylation sites is 1. The monoisotopic (exact) mass is 218 g/mol. The van der Waals surface area contributed by atoms with Gasteiger partial charge in [-0.05, 0) is 25.0 Å². The van der Waals surface area contributed by atoms with Crippen LogP contribution in [0.15, 0.2) is 24.3 Å². The Kier molecular flexibility index (Phi) is 3.28. The van der Waals surface area contributed by atoms with E-state index in [-0.39, 0.29) is 5.92 Å². The lowest BCUT2D eigenvalue weighted by atomic mass is 9.67. The molecule has 1 aromatic rings. The van der Waals surface area contributed by atoms with Gasteiger partial charge in [-0.15, -0.1) is 0 Å². The number of carbonyl (C=O) groups is 1. The summed E-state index contributed by atoms with van der Waals surface area (Å²) in [6.07, 6.45) is 1.62. The number of Topliss-reactive ketones (excluding diaryl/α,β-unsaturated/α-hetero) is 1. The molecule has 0 N–H and O–H groups in total. The van der Waals surface area contributed by atoms with Gasteiger partial charge in [0.15, 0.2) is 0 Å². The molecule has 0 bridgehead atoms. The number of hydrogen-bond acceptors (Lipinski definition) is 2. The minimum atomic E-state index is 0.210. The summed E-state index contributed by atoms with van der Waals surface area (Å²) < 4.78 is 5.61. The lowest BCUT2D eigenvalue weighted by Gasteiger charge is -2.35. The highest BCUT2D eigenvalue weighted by Gasteiger charge is 2.40. The van der Waals surface area contributed by atoms with Gasteiger partial charge in [0.1, 0.15) is 11.5 Å². The molecule has 86 valence electrons. The summed E-state index contributed by atoms with van der Waals surface area (Å²) >= 11 is 0. The summed E-state index contributed by atoms with van der Waals surface area (Å²) in [5, 5.41) is 0. The molecule has 0 amide bonds. The molecule has 1 fully saturated rings. The molecule has 2 rings (SSSR count). The molecular formula is C14H18O2. The molecule has 2 unspecified atom stereocenters. The zero-order valence-corrected chi connectivity index (χ0v) is 9.90. The van der Waals surface area contributed by atoms with Crippen molar-refractivity contribution in [2.24, 2.45) is 5.92 Å². The van der Waals surface area contributed by atoms with Crippen molar-refractivity contribution >= 4 is 5.78 Å². The second kappa shape index (κ2) is 4.69. The van der Waals surface area contributed by atoms with Crippen LogP contribution in [0.5, 0.6) is 5.75 Å². The Morgan fingerprint density at radius 1 is 1.31 bits per heavy atom. The van der Waals surface area contributed by atoms with E-state index in [2.05, 4.69) is 13.0 Å². The average Bonchev–Trinajstić information content (AvgIpc) is 2.28. The molecule has 2 nitrogen and oxygen atoms in total. The first-order chi connectivity index (χ1) is 7.77. The van der Waals surface area contributed by atoms with E-state index in [1.54, 1.807) is 0 Å². The number of carbonyl (C=O) groups excluding carboxylic acids is 1. The fourth-order valence-corrected chi connectivity index (χ4v) is 2.49. The minimum Gasteiger partial charge on any atom is -0.494 e. The van der Waals surface area contributed by atoms with Crippen LogP contribution in [0.25, 0.3) is 0 Å². The second-order valence-electron chi connectivity index (χ2n) is 4.26. The van der Waals surface area contributed by atoms with Crippen LogP contribution in [0, 0.1) is 5.92 Å². The van der Waals surface area contributed by atoms with Crippen LogP contribution in [0.2, 0.25) is 0 Å². The highest BCUT2D eigenvalue weighted by atomic mass is 16.5. The molecule has 0 aliphatic heterocycles. The Morgan fingerprint density at radius 3 is 2.69 bits per heavy atom. The van der Waals surface area contributed by atoms with Crippen molar-refractivity contribution in [2.75, 3.05) is 6.61 Å². The van der Waals surface area contributed by atoms with Crippen molar-refractivity contribution in [2.45, 2.75) is 32.6 Å². The smallest absolute Gasteiger partial charge is 0.137 e.